The summed E-state index contributed by atoms with van der Waals surface area (Å²) in [4.78, 5) is 2.17. The van der Waals surface area contributed by atoms with Crippen LogP contribution in [0.2, 0.25) is 0 Å². The molecule has 0 saturated carbocycles. The summed E-state index contributed by atoms with van der Waals surface area (Å²) in [6, 6.07) is 3.85. The van der Waals surface area contributed by atoms with E-state index >= 15 is 0 Å². The number of nitrogens with two attached hydrogens (primary N) is 1. The van der Waals surface area contributed by atoms with Gasteiger partial charge in [-0.2, -0.15) is 0 Å². The van der Waals surface area contributed by atoms with Gasteiger partial charge in [-0.15, -0.1) is 0 Å². The Bertz CT molecular complexity index is 400. The molecule has 1 aromatic rings. The summed E-state index contributed by atoms with van der Waals surface area (Å²) >= 11 is 0. The zero-order valence-corrected chi connectivity index (χ0v) is 11.4. The average molecular weight is 268 g/mol. The summed E-state index contributed by atoms with van der Waals surface area (Å²) in [5.41, 5.74) is 5.79. The Morgan fingerprint density at radius 1 is 1.37 bits per heavy atom. The van der Waals surface area contributed by atoms with E-state index in [4.69, 9.17) is 5.73 Å². The van der Waals surface area contributed by atoms with Gasteiger partial charge in [0.2, 0.25) is 0 Å². The molecule has 2 rings (SSSR count). The Balaban J connectivity index is 2.12. The van der Waals surface area contributed by atoms with Crippen molar-refractivity contribution >= 4 is 0 Å². The summed E-state index contributed by atoms with van der Waals surface area (Å²) in [5, 5.41) is 0. The van der Waals surface area contributed by atoms with Gasteiger partial charge in [0.15, 0.2) is 0 Å². The van der Waals surface area contributed by atoms with Crippen LogP contribution in [0.1, 0.15) is 37.8 Å². The van der Waals surface area contributed by atoms with Crippen molar-refractivity contribution in [3.8, 4) is 0 Å². The summed E-state index contributed by atoms with van der Waals surface area (Å²) in [6.07, 6.45) is 3.23. The maximum atomic E-state index is 13.8. The van der Waals surface area contributed by atoms with Crippen molar-refractivity contribution in [2.45, 2.75) is 32.2 Å². The molecule has 2 N–H and O–H groups in total. The van der Waals surface area contributed by atoms with E-state index in [-0.39, 0.29) is 11.6 Å². The molecule has 0 spiro atoms. The van der Waals surface area contributed by atoms with Crippen molar-refractivity contribution in [1.29, 1.82) is 0 Å². The fraction of sp³-hybridized carbons (Fsp3) is 0.600. The highest BCUT2D eigenvalue weighted by Gasteiger charge is 2.27. The van der Waals surface area contributed by atoms with Gasteiger partial charge in [-0.3, -0.25) is 4.90 Å². The minimum atomic E-state index is -0.451. The van der Waals surface area contributed by atoms with Crippen LogP contribution in [0.25, 0.3) is 0 Å². The molecule has 1 aliphatic heterocycles. The molecule has 1 heterocycles. The molecule has 0 aromatic heterocycles. The van der Waals surface area contributed by atoms with Crippen molar-refractivity contribution < 1.29 is 8.78 Å². The molecular weight excluding hydrogens is 246 g/mol. The summed E-state index contributed by atoms with van der Waals surface area (Å²) in [7, 11) is 0. The first kappa shape index (κ1) is 14.4. The Hall–Kier alpha value is -1.00. The zero-order chi connectivity index (χ0) is 13.8. The minimum Gasteiger partial charge on any atom is -0.330 e. The number of benzene rings is 1. The number of nitrogens with zero attached hydrogens (tertiary/aromatic N) is 1. The second kappa shape index (κ2) is 6.44. The van der Waals surface area contributed by atoms with Gasteiger partial charge in [0, 0.05) is 18.2 Å². The molecule has 19 heavy (non-hydrogen) atoms. The maximum Gasteiger partial charge on any atom is 0.130 e. The molecule has 1 fully saturated rings. The topological polar surface area (TPSA) is 29.3 Å². The van der Waals surface area contributed by atoms with Gasteiger partial charge in [-0.1, -0.05) is 6.07 Å². The molecule has 0 radical (unpaired) electrons. The Labute approximate surface area is 113 Å². The maximum absolute atomic E-state index is 13.8. The molecule has 1 saturated heterocycles. The molecule has 0 aliphatic carbocycles. The van der Waals surface area contributed by atoms with E-state index in [0.29, 0.717) is 12.5 Å². The normalized spacial score (nSPS) is 22.4. The van der Waals surface area contributed by atoms with E-state index in [9.17, 15) is 8.78 Å². The van der Waals surface area contributed by atoms with E-state index in [1.54, 1.807) is 0 Å². The lowest BCUT2D eigenvalue weighted by atomic mass is 9.92. The second-order valence-corrected chi connectivity index (χ2v) is 5.39. The lowest BCUT2D eigenvalue weighted by Crippen LogP contribution is -2.38. The van der Waals surface area contributed by atoms with Crippen LogP contribution in [0.15, 0.2) is 18.2 Å². The Morgan fingerprint density at radius 3 is 2.68 bits per heavy atom. The van der Waals surface area contributed by atoms with Crippen molar-refractivity contribution in [1.82, 2.24) is 4.90 Å². The number of rotatable bonds is 4. The lowest BCUT2D eigenvalue weighted by molar-refractivity contribution is 0.124. The molecule has 1 aromatic carbocycles. The van der Waals surface area contributed by atoms with Crippen LogP contribution in [-0.4, -0.2) is 24.5 Å². The lowest BCUT2D eigenvalue weighted by Gasteiger charge is -2.37. The third kappa shape index (κ3) is 3.31. The van der Waals surface area contributed by atoms with Gasteiger partial charge in [0.25, 0.3) is 0 Å². The Morgan fingerprint density at radius 2 is 2.05 bits per heavy atom. The van der Waals surface area contributed by atoms with E-state index < -0.39 is 11.6 Å². The fourth-order valence-electron chi connectivity index (χ4n) is 3.01. The first-order valence-corrected chi connectivity index (χ1v) is 7.01. The predicted molar refractivity (Wildman–Crippen MR) is 72.7 cm³/mol. The van der Waals surface area contributed by atoms with Gasteiger partial charge < -0.3 is 5.73 Å². The van der Waals surface area contributed by atoms with Crippen molar-refractivity contribution in [3.63, 3.8) is 0 Å². The van der Waals surface area contributed by atoms with Crippen LogP contribution in [0.4, 0.5) is 8.78 Å². The highest BCUT2D eigenvalue weighted by Crippen LogP contribution is 2.30. The number of halogens is 2. The summed E-state index contributed by atoms with van der Waals surface area (Å²) < 4.78 is 27.6. The third-order valence-corrected chi connectivity index (χ3v) is 4.09. The van der Waals surface area contributed by atoms with Crippen LogP contribution in [0.5, 0.6) is 0 Å². The number of piperidine rings is 1. The van der Waals surface area contributed by atoms with Crippen molar-refractivity contribution in [2.24, 2.45) is 11.7 Å². The summed E-state index contributed by atoms with van der Waals surface area (Å²) in [6.45, 7) is 4.34. The van der Waals surface area contributed by atoms with Crippen molar-refractivity contribution in [2.75, 3.05) is 19.6 Å². The van der Waals surface area contributed by atoms with E-state index in [0.717, 1.165) is 25.9 Å². The van der Waals surface area contributed by atoms with Gasteiger partial charge in [-0.05, 0) is 57.3 Å². The van der Waals surface area contributed by atoms with Crippen molar-refractivity contribution in [3.05, 3.63) is 35.4 Å². The smallest absolute Gasteiger partial charge is 0.130 e. The van der Waals surface area contributed by atoms with Crippen LogP contribution in [0.3, 0.4) is 0 Å². The molecule has 106 valence electrons. The molecule has 0 amide bonds. The first-order valence-electron chi connectivity index (χ1n) is 7.01. The average Bonchev–Trinajstić information content (AvgIpc) is 2.39. The standard InChI is InChI=1S/C15H22F2N2/c1-11(15-13(16)5-2-6-14(15)17)19-9-3-4-12(10-19)7-8-18/h2,5-6,11-12H,3-4,7-10,18H2,1H3. The summed E-state index contributed by atoms with van der Waals surface area (Å²) in [5.74, 6) is -0.349. The quantitative estimate of drug-likeness (QED) is 0.909. The van der Waals surface area contributed by atoms with E-state index in [1.165, 1.54) is 24.6 Å². The molecule has 1 aliphatic rings. The van der Waals surface area contributed by atoms with Gasteiger partial charge in [-0.25, -0.2) is 8.78 Å². The SMILES string of the molecule is CC(c1c(F)cccc1F)N1CCCC(CCN)C1. The van der Waals surface area contributed by atoms with Gasteiger partial charge >= 0.3 is 0 Å². The highest BCUT2D eigenvalue weighted by molar-refractivity contribution is 5.23. The number of likely N-dealkylation sites (tertiary alicyclic amines) is 1. The van der Waals surface area contributed by atoms with Crippen LogP contribution < -0.4 is 5.73 Å². The molecule has 4 heteroatoms. The van der Waals surface area contributed by atoms with Crippen LogP contribution >= 0.6 is 0 Å². The molecule has 2 unspecified atom stereocenters. The number of hydrogen-bond acceptors (Lipinski definition) is 2. The van der Waals surface area contributed by atoms with Crippen LogP contribution in [-0.2, 0) is 0 Å². The molecule has 0 bridgehead atoms. The fourth-order valence-corrected chi connectivity index (χ4v) is 3.01. The van der Waals surface area contributed by atoms with Gasteiger partial charge in [0.05, 0.1) is 0 Å². The number of hydrogen-bond donors (Lipinski definition) is 1. The largest absolute Gasteiger partial charge is 0.330 e. The van der Waals surface area contributed by atoms with E-state index in [1.807, 2.05) is 6.92 Å². The molecule has 2 nitrogen and oxygen atoms in total. The monoisotopic (exact) mass is 268 g/mol. The molecule has 2 atom stereocenters. The minimum absolute atomic E-state index is 0.191. The molecular formula is C15H22F2N2. The first-order chi connectivity index (χ1) is 9.13. The Kier molecular flexibility index (Phi) is 4.88. The third-order valence-electron chi connectivity index (χ3n) is 4.09. The highest BCUT2D eigenvalue weighted by atomic mass is 19.1. The van der Waals surface area contributed by atoms with Crippen LogP contribution in [0, 0.1) is 17.6 Å². The predicted octanol–water partition coefficient (Wildman–Crippen LogP) is 3.09. The van der Waals surface area contributed by atoms with Gasteiger partial charge in [0.1, 0.15) is 11.6 Å². The zero-order valence-electron chi connectivity index (χ0n) is 11.4. The van der Waals surface area contributed by atoms with E-state index in [2.05, 4.69) is 4.90 Å². The second-order valence-electron chi connectivity index (χ2n) is 5.39.